The largest absolute Gasteiger partial charge is 0.392 e. The Kier molecular flexibility index (Phi) is 6.82. The highest BCUT2D eigenvalue weighted by Crippen LogP contribution is 2.37. The summed E-state index contributed by atoms with van der Waals surface area (Å²) in [6.07, 6.45) is 8.73. The number of fused-ring (bicyclic) bond motifs is 3. The predicted molar refractivity (Wildman–Crippen MR) is 167 cm³/mol. The Hall–Kier alpha value is -4.81. The fraction of sp³-hybridized carbons (Fsp3) is 0.344. The molecule has 0 saturated carbocycles. The molecule has 1 aliphatic carbocycles. The maximum Gasteiger partial charge on any atom is 0.280 e. The van der Waals surface area contributed by atoms with Crippen molar-refractivity contribution in [1.82, 2.24) is 28.7 Å². The van der Waals surface area contributed by atoms with Gasteiger partial charge in [0.15, 0.2) is 11.6 Å². The van der Waals surface area contributed by atoms with Gasteiger partial charge < -0.3 is 29.0 Å². The van der Waals surface area contributed by atoms with Gasteiger partial charge in [-0.2, -0.15) is 0 Å². The number of nitrogens with zero attached hydrogens (tertiary/aromatic N) is 7. The highest BCUT2D eigenvalue weighted by molar-refractivity contribution is 5.73. The van der Waals surface area contributed by atoms with E-state index in [0.29, 0.717) is 52.7 Å². The van der Waals surface area contributed by atoms with Crippen LogP contribution >= 0.6 is 0 Å². The molecule has 5 aromatic rings. The van der Waals surface area contributed by atoms with Gasteiger partial charge in [-0.05, 0) is 59.7 Å². The normalized spacial score (nSPS) is 16.0. The molecule has 0 aromatic carbocycles. The minimum atomic E-state index is -0.359. The van der Waals surface area contributed by atoms with Crippen LogP contribution in [0.5, 0.6) is 0 Å². The molecule has 7 rings (SSSR count). The second kappa shape index (κ2) is 10.7. The number of aromatic nitrogens is 6. The van der Waals surface area contributed by atoms with E-state index in [2.05, 4.69) is 39.2 Å². The van der Waals surface area contributed by atoms with Gasteiger partial charge in [0, 0.05) is 61.7 Å². The molecule has 12 nitrogen and oxygen atoms in total. The van der Waals surface area contributed by atoms with E-state index >= 15 is 0 Å². The Labute approximate surface area is 253 Å². The lowest BCUT2D eigenvalue weighted by atomic mass is 9.90. The Balaban J connectivity index is 1.24. The molecule has 5 aromatic heterocycles. The molecule has 0 unspecified atom stereocenters. The van der Waals surface area contributed by atoms with Crippen molar-refractivity contribution in [3.63, 3.8) is 0 Å². The summed E-state index contributed by atoms with van der Waals surface area (Å²) in [5, 5.41) is 22.3. The highest BCUT2D eigenvalue weighted by atomic mass is 16.5. The molecule has 226 valence electrons. The Morgan fingerprint density at radius 2 is 1.84 bits per heavy atom. The molecule has 2 aliphatic rings. The van der Waals surface area contributed by atoms with Crippen molar-refractivity contribution in [2.45, 2.75) is 33.3 Å². The molecule has 1 saturated heterocycles. The molecule has 6 heterocycles. The third-order valence-electron chi connectivity index (χ3n) is 8.51. The predicted octanol–water partition coefficient (Wildman–Crippen LogP) is 2.84. The van der Waals surface area contributed by atoms with E-state index in [-0.39, 0.29) is 23.1 Å². The number of nitrogens with one attached hydrogen (secondary N) is 1. The zero-order valence-electron chi connectivity index (χ0n) is 24.9. The van der Waals surface area contributed by atoms with Crippen LogP contribution in [0.1, 0.15) is 30.7 Å². The Morgan fingerprint density at radius 3 is 2.59 bits per heavy atom. The third-order valence-corrected chi connectivity index (χ3v) is 8.51. The second-order valence-corrected chi connectivity index (χ2v) is 12.2. The van der Waals surface area contributed by atoms with E-state index in [1.807, 2.05) is 22.7 Å². The lowest BCUT2D eigenvalue weighted by Crippen LogP contribution is -2.36. The maximum atomic E-state index is 13.7. The SMILES string of the molecule is Cn1cc(-c2ccnc(-n3ccn4c5c(cc4c3=O)CC(C)(C)C5)c2CO)cc(Nc2ccc(N3CCOCC3)nn2)c1=O. The van der Waals surface area contributed by atoms with Crippen LogP contribution in [0.25, 0.3) is 22.5 Å². The fourth-order valence-electron chi connectivity index (χ4n) is 6.38. The number of rotatable bonds is 6. The van der Waals surface area contributed by atoms with Crippen LogP contribution in [-0.4, -0.2) is 60.1 Å². The van der Waals surface area contributed by atoms with Crippen molar-refractivity contribution in [3.05, 3.63) is 92.6 Å². The number of ether oxygens (including phenoxy) is 1. The summed E-state index contributed by atoms with van der Waals surface area (Å²) in [5.41, 5.74) is 4.74. The van der Waals surface area contributed by atoms with Crippen molar-refractivity contribution in [2.75, 3.05) is 36.5 Å². The van der Waals surface area contributed by atoms with Gasteiger partial charge in [-0.15, -0.1) is 10.2 Å². The molecule has 0 amide bonds. The summed E-state index contributed by atoms with van der Waals surface area (Å²) in [4.78, 5) is 33.5. The van der Waals surface area contributed by atoms with Crippen LogP contribution in [-0.2, 0) is 31.2 Å². The van der Waals surface area contributed by atoms with Crippen LogP contribution in [0.3, 0.4) is 0 Å². The van der Waals surface area contributed by atoms with Gasteiger partial charge in [-0.25, -0.2) is 4.98 Å². The molecular weight excluding hydrogens is 560 g/mol. The maximum absolute atomic E-state index is 13.7. The van der Waals surface area contributed by atoms with Crippen molar-refractivity contribution in [2.24, 2.45) is 12.5 Å². The first-order valence-corrected chi connectivity index (χ1v) is 14.7. The average molecular weight is 595 g/mol. The van der Waals surface area contributed by atoms with Crippen molar-refractivity contribution < 1.29 is 9.84 Å². The Morgan fingerprint density at radius 1 is 1.02 bits per heavy atom. The molecule has 12 heteroatoms. The first kappa shape index (κ1) is 28.0. The smallest absolute Gasteiger partial charge is 0.280 e. The number of aryl methyl sites for hydroxylation is 1. The lowest BCUT2D eigenvalue weighted by Gasteiger charge is -2.27. The van der Waals surface area contributed by atoms with Crippen LogP contribution < -0.4 is 21.3 Å². The molecule has 2 N–H and O–H groups in total. The molecule has 0 spiro atoms. The van der Waals surface area contributed by atoms with E-state index in [4.69, 9.17) is 4.74 Å². The number of morpholine rings is 1. The number of hydrogen-bond donors (Lipinski definition) is 2. The quantitative estimate of drug-likeness (QED) is 0.305. The summed E-state index contributed by atoms with van der Waals surface area (Å²) in [6, 6.07) is 9.11. The zero-order valence-corrected chi connectivity index (χ0v) is 24.9. The first-order chi connectivity index (χ1) is 21.2. The minimum absolute atomic E-state index is 0.170. The lowest BCUT2D eigenvalue weighted by molar-refractivity contribution is 0.122. The van der Waals surface area contributed by atoms with Gasteiger partial charge in [0.1, 0.15) is 17.0 Å². The van der Waals surface area contributed by atoms with E-state index in [1.54, 1.807) is 43.8 Å². The summed E-state index contributed by atoms with van der Waals surface area (Å²) >= 11 is 0. The molecule has 0 radical (unpaired) electrons. The summed E-state index contributed by atoms with van der Waals surface area (Å²) < 4.78 is 10.3. The average Bonchev–Trinajstić information content (AvgIpc) is 3.52. The molecule has 44 heavy (non-hydrogen) atoms. The fourth-order valence-corrected chi connectivity index (χ4v) is 6.38. The van der Waals surface area contributed by atoms with E-state index in [1.165, 1.54) is 20.4 Å². The van der Waals surface area contributed by atoms with Crippen molar-refractivity contribution in [1.29, 1.82) is 0 Å². The monoisotopic (exact) mass is 594 g/mol. The minimum Gasteiger partial charge on any atom is -0.392 e. The standard InChI is InChI=1S/C32H34N8O4/c1-32(2)16-20-15-25-31(43)40(9-8-39(25)26(20)17-32)29-23(19-41)22(6-7-33-29)21-14-24(30(42)37(3)18-21)34-27-4-5-28(36-35-27)38-10-12-44-13-11-38/h4-9,14-15,18,41H,10-13,16-17,19H2,1-3H3,(H,34,35). The second-order valence-electron chi connectivity index (χ2n) is 12.2. The molecule has 0 bridgehead atoms. The summed E-state index contributed by atoms with van der Waals surface area (Å²) in [7, 11) is 1.66. The van der Waals surface area contributed by atoms with Gasteiger partial charge in [0.25, 0.3) is 11.1 Å². The number of aliphatic hydroxyl groups is 1. The molecule has 0 atom stereocenters. The van der Waals surface area contributed by atoms with Crippen molar-refractivity contribution in [3.8, 4) is 16.9 Å². The van der Waals surface area contributed by atoms with Gasteiger partial charge in [0.2, 0.25) is 0 Å². The molecular formula is C32H34N8O4. The van der Waals surface area contributed by atoms with Crippen LogP contribution in [0.2, 0.25) is 0 Å². The Bertz CT molecular complexity index is 2000. The van der Waals surface area contributed by atoms with E-state index in [0.717, 1.165) is 31.7 Å². The summed E-state index contributed by atoms with van der Waals surface area (Å²) in [5.74, 6) is 1.52. The van der Waals surface area contributed by atoms with Crippen LogP contribution in [0.15, 0.2) is 64.7 Å². The van der Waals surface area contributed by atoms with Gasteiger partial charge in [-0.1, -0.05) is 13.8 Å². The van der Waals surface area contributed by atoms with Crippen LogP contribution in [0, 0.1) is 5.41 Å². The van der Waals surface area contributed by atoms with Gasteiger partial charge >= 0.3 is 0 Å². The molecule has 1 aliphatic heterocycles. The molecule has 1 fully saturated rings. The number of anilines is 3. The van der Waals surface area contributed by atoms with E-state index in [9.17, 15) is 14.7 Å². The number of aliphatic hydroxyl groups excluding tert-OH is 1. The van der Waals surface area contributed by atoms with Crippen molar-refractivity contribution >= 4 is 22.8 Å². The first-order valence-electron chi connectivity index (χ1n) is 14.7. The third kappa shape index (κ3) is 4.85. The van der Waals surface area contributed by atoms with Gasteiger partial charge in [-0.3, -0.25) is 14.2 Å². The topological polar surface area (TPSA) is 132 Å². The zero-order chi connectivity index (χ0) is 30.6. The van der Waals surface area contributed by atoms with E-state index < -0.39 is 0 Å². The summed E-state index contributed by atoms with van der Waals surface area (Å²) in [6.45, 7) is 6.90. The highest BCUT2D eigenvalue weighted by Gasteiger charge is 2.32. The van der Waals surface area contributed by atoms with Crippen LogP contribution in [0.4, 0.5) is 17.3 Å². The number of hydrogen-bond acceptors (Lipinski definition) is 9. The number of pyridine rings is 2. The van der Waals surface area contributed by atoms with Gasteiger partial charge in [0.05, 0.1) is 19.8 Å².